The van der Waals surface area contributed by atoms with Gasteiger partial charge in [-0.1, -0.05) is 36.5 Å². The number of carbonyl (C=O) groups excluding carboxylic acids is 3. The van der Waals surface area contributed by atoms with E-state index in [0.717, 1.165) is 11.3 Å². The Morgan fingerprint density at radius 2 is 1.87 bits per heavy atom. The molecule has 1 fully saturated rings. The number of fused-ring (bicyclic) bond motifs is 1. The average molecular weight is 540 g/mol. The van der Waals surface area contributed by atoms with Crippen molar-refractivity contribution in [2.45, 2.75) is 39.2 Å². The Labute approximate surface area is 227 Å². The van der Waals surface area contributed by atoms with E-state index in [-0.39, 0.29) is 30.8 Å². The highest BCUT2D eigenvalue weighted by Crippen LogP contribution is 2.45. The van der Waals surface area contributed by atoms with E-state index in [1.54, 1.807) is 25.9 Å². The third kappa shape index (κ3) is 5.80. The van der Waals surface area contributed by atoms with Crippen LogP contribution >= 0.6 is 11.8 Å². The number of hydrogen-bond donors (Lipinski definition) is 0. The summed E-state index contributed by atoms with van der Waals surface area (Å²) < 4.78 is 15.9. The molecule has 1 saturated heterocycles. The predicted molar refractivity (Wildman–Crippen MR) is 145 cm³/mol. The fraction of sp³-hybridized carbons (Fsp3) is 0.429. The van der Waals surface area contributed by atoms with Crippen LogP contribution in [0, 0.1) is 5.92 Å². The Kier molecular flexibility index (Phi) is 8.93. The van der Waals surface area contributed by atoms with Crippen molar-refractivity contribution < 1.29 is 28.6 Å². The summed E-state index contributed by atoms with van der Waals surface area (Å²) >= 11 is 1.43. The fourth-order valence-electron chi connectivity index (χ4n) is 4.84. The maximum atomic E-state index is 13.3. The number of benzene rings is 1. The van der Waals surface area contributed by atoms with E-state index >= 15 is 0 Å². The molecule has 1 amide bonds. The van der Waals surface area contributed by atoms with Gasteiger partial charge in [-0.3, -0.25) is 9.59 Å². The lowest BCUT2D eigenvalue weighted by atomic mass is 9.93. The topological polar surface area (TPSA) is 97.7 Å². The molecule has 1 aromatic carbocycles. The molecule has 9 nitrogen and oxygen atoms in total. The number of piperidine rings is 1. The average Bonchev–Trinajstić information content (AvgIpc) is 3.32. The second kappa shape index (κ2) is 12.3. The maximum Gasteiger partial charge on any atom is 0.338 e. The number of esters is 2. The highest BCUT2D eigenvalue weighted by Gasteiger charge is 2.41. The molecule has 0 radical (unpaired) electrons. The minimum atomic E-state index is -0.519. The third-order valence-corrected chi connectivity index (χ3v) is 7.67. The summed E-state index contributed by atoms with van der Waals surface area (Å²) in [6.07, 6.45) is 2.85. The van der Waals surface area contributed by atoms with Crippen molar-refractivity contribution in [1.29, 1.82) is 0 Å². The van der Waals surface area contributed by atoms with Crippen molar-refractivity contribution in [1.82, 2.24) is 9.80 Å². The molecule has 1 aromatic rings. The molecule has 4 rings (SSSR count). The number of allylic oxidation sites excluding steroid dienone is 1. The Hall–Kier alpha value is -3.53. The standard InChI is InChI=1S/C28H33N3O6S/c1-5-15-37-27(34)24-18(3)29-28-31(25(24)19-7-9-22(35-4)10-8-19)21(17-38-28)16-23(32)30-13-11-20(12-14-30)26(33)36-6-2/h5,7-10,17,20,25H,1,6,11-16H2,2-4H3. The summed E-state index contributed by atoms with van der Waals surface area (Å²) in [7, 11) is 1.60. The number of methoxy groups -OCH3 is 1. The van der Waals surface area contributed by atoms with E-state index in [1.807, 2.05) is 34.6 Å². The first-order valence-corrected chi connectivity index (χ1v) is 13.6. The minimum absolute atomic E-state index is 0.0315. The number of hydrogen-bond acceptors (Lipinski definition) is 9. The zero-order chi connectivity index (χ0) is 27.2. The zero-order valence-electron chi connectivity index (χ0n) is 22.0. The fourth-order valence-corrected chi connectivity index (χ4v) is 5.80. The van der Waals surface area contributed by atoms with Gasteiger partial charge in [-0.25, -0.2) is 9.79 Å². The molecule has 3 heterocycles. The van der Waals surface area contributed by atoms with Crippen LogP contribution in [0.1, 0.15) is 44.7 Å². The Balaban J connectivity index is 1.56. The van der Waals surface area contributed by atoms with Crippen LogP contribution in [0.15, 0.2) is 64.3 Å². The highest BCUT2D eigenvalue weighted by atomic mass is 32.2. The molecule has 10 heteroatoms. The van der Waals surface area contributed by atoms with Crippen LogP contribution in [0.2, 0.25) is 0 Å². The number of nitrogens with zero attached hydrogens (tertiary/aromatic N) is 3. The number of amidine groups is 1. The monoisotopic (exact) mass is 539 g/mol. The molecule has 3 aliphatic heterocycles. The second-order valence-electron chi connectivity index (χ2n) is 9.14. The first-order chi connectivity index (χ1) is 18.4. The highest BCUT2D eigenvalue weighted by molar-refractivity contribution is 8.16. The van der Waals surface area contributed by atoms with Gasteiger partial charge in [0, 0.05) is 18.8 Å². The molecular formula is C28H33N3O6S. The number of carbonyl (C=O) groups is 3. The van der Waals surface area contributed by atoms with Gasteiger partial charge in [-0.15, -0.1) is 0 Å². The van der Waals surface area contributed by atoms with Gasteiger partial charge in [0.05, 0.1) is 43.4 Å². The normalized spacial score (nSPS) is 19.4. The molecule has 0 bridgehead atoms. The van der Waals surface area contributed by atoms with E-state index in [0.29, 0.717) is 54.7 Å². The van der Waals surface area contributed by atoms with Gasteiger partial charge in [0.25, 0.3) is 0 Å². The maximum absolute atomic E-state index is 13.3. The zero-order valence-corrected chi connectivity index (χ0v) is 22.8. The van der Waals surface area contributed by atoms with E-state index in [4.69, 9.17) is 14.2 Å². The molecule has 38 heavy (non-hydrogen) atoms. The number of rotatable bonds is 9. The number of amides is 1. The lowest BCUT2D eigenvalue weighted by Gasteiger charge is -2.37. The first-order valence-electron chi connectivity index (χ1n) is 12.7. The number of aliphatic imine (C=N–C) groups is 1. The molecule has 0 N–H and O–H groups in total. The second-order valence-corrected chi connectivity index (χ2v) is 9.97. The van der Waals surface area contributed by atoms with Crippen LogP contribution in [-0.2, 0) is 23.9 Å². The van der Waals surface area contributed by atoms with Gasteiger partial charge < -0.3 is 24.0 Å². The van der Waals surface area contributed by atoms with E-state index in [9.17, 15) is 14.4 Å². The minimum Gasteiger partial charge on any atom is -0.497 e. The van der Waals surface area contributed by atoms with Crippen molar-refractivity contribution in [3.8, 4) is 5.75 Å². The Morgan fingerprint density at radius 3 is 2.50 bits per heavy atom. The van der Waals surface area contributed by atoms with Crippen molar-refractivity contribution in [3.05, 3.63) is 64.9 Å². The van der Waals surface area contributed by atoms with Crippen LogP contribution < -0.4 is 4.74 Å². The van der Waals surface area contributed by atoms with Crippen LogP contribution in [0.25, 0.3) is 0 Å². The van der Waals surface area contributed by atoms with Gasteiger partial charge in [0.2, 0.25) is 5.91 Å². The molecule has 202 valence electrons. The largest absolute Gasteiger partial charge is 0.497 e. The van der Waals surface area contributed by atoms with Crippen LogP contribution in [-0.4, -0.2) is 66.2 Å². The number of likely N-dealkylation sites (tertiary alicyclic amines) is 1. The first kappa shape index (κ1) is 27.5. The van der Waals surface area contributed by atoms with Crippen molar-refractivity contribution >= 4 is 34.8 Å². The molecule has 1 unspecified atom stereocenters. The lowest BCUT2D eigenvalue weighted by Crippen LogP contribution is -2.42. The van der Waals surface area contributed by atoms with Gasteiger partial charge >= 0.3 is 11.9 Å². The molecule has 0 aliphatic carbocycles. The van der Waals surface area contributed by atoms with Crippen molar-refractivity contribution in [2.75, 3.05) is 33.4 Å². The van der Waals surface area contributed by atoms with Crippen LogP contribution in [0.3, 0.4) is 0 Å². The number of ether oxygens (including phenoxy) is 3. The molecule has 0 aromatic heterocycles. The van der Waals surface area contributed by atoms with E-state index < -0.39 is 12.0 Å². The quantitative estimate of drug-likeness (QED) is 0.340. The van der Waals surface area contributed by atoms with Gasteiger partial charge in [0.15, 0.2) is 5.17 Å². The van der Waals surface area contributed by atoms with Crippen molar-refractivity contribution in [2.24, 2.45) is 10.9 Å². The van der Waals surface area contributed by atoms with Crippen LogP contribution in [0.4, 0.5) is 0 Å². The SMILES string of the molecule is C=CCOC(=O)C1=C(C)N=C2SC=C(CC(=O)N3CCC(C(=O)OCC)CC3)N2C1c1ccc(OC)cc1. The summed E-state index contributed by atoms with van der Waals surface area (Å²) in [5.41, 5.74) is 2.59. The molecule has 3 aliphatic rings. The molecular weight excluding hydrogens is 506 g/mol. The molecule has 0 saturated carbocycles. The lowest BCUT2D eigenvalue weighted by molar-refractivity contribution is -0.151. The van der Waals surface area contributed by atoms with E-state index in [1.165, 1.54) is 17.8 Å². The van der Waals surface area contributed by atoms with Gasteiger partial charge in [-0.2, -0.15) is 0 Å². The summed E-state index contributed by atoms with van der Waals surface area (Å²) in [6.45, 7) is 8.67. The van der Waals surface area contributed by atoms with E-state index in [2.05, 4.69) is 11.6 Å². The molecule has 1 atom stereocenters. The van der Waals surface area contributed by atoms with Gasteiger partial charge in [0.1, 0.15) is 12.4 Å². The summed E-state index contributed by atoms with van der Waals surface area (Å²) in [4.78, 5) is 47.0. The summed E-state index contributed by atoms with van der Waals surface area (Å²) in [5.74, 6) is -0.171. The predicted octanol–water partition coefficient (Wildman–Crippen LogP) is 4.19. The number of thioether (sulfide) groups is 1. The Morgan fingerprint density at radius 1 is 1.16 bits per heavy atom. The third-order valence-electron chi connectivity index (χ3n) is 6.78. The smallest absolute Gasteiger partial charge is 0.338 e. The summed E-state index contributed by atoms with van der Waals surface area (Å²) in [6, 6.07) is 6.98. The summed E-state index contributed by atoms with van der Waals surface area (Å²) in [5, 5.41) is 2.62. The molecule has 0 spiro atoms. The Bertz CT molecular complexity index is 1180. The van der Waals surface area contributed by atoms with Crippen molar-refractivity contribution in [3.63, 3.8) is 0 Å². The van der Waals surface area contributed by atoms with Gasteiger partial charge in [-0.05, 0) is 49.8 Å². The van der Waals surface area contributed by atoms with Crippen LogP contribution in [0.5, 0.6) is 5.75 Å².